The van der Waals surface area contributed by atoms with E-state index in [-0.39, 0.29) is 0 Å². The number of methoxy groups -OCH3 is 1. The van der Waals surface area contributed by atoms with E-state index in [1.165, 1.54) is 7.11 Å². The molecule has 0 aliphatic carbocycles. The van der Waals surface area contributed by atoms with E-state index in [1.807, 2.05) is 18.2 Å². The molecule has 0 bridgehead atoms. The normalized spacial score (nSPS) is 10.4. The lowest BCUT2D eigenvalue weighted by atomic mass is 10.3. The van der Waals surface area contributed by atoms with Gasteiger partial charge in [-0.3, -0.25) is 0 Å². The van der Waals surface area contributed by atoms with E-state index in [0.29, 0.717) is 5.69 Å². The fourth-order valence-electron chi connectivity index (χ4n) is 1.19. The van der Waals surface area contributed by atoms with Gasteiger partial charge in [-0.25, -0.2) is 9.31 Å². The Morgan fingerprint density at radius 3 is 3.00 bits per heavy atom. The van der Waals surface area contributed by atoms with Crippen LogP contribution in [0.3, 0.4) is 0 Å². The molecule has 0 atom stereocenters. The third-order valence-corrected chi connectivity index (χ3v) is 2.43. The van der Waals surface area contributed by atoms with Crippen LogP contribution in [0.1, 0.15) is 10.5 Å². The van der Waals surface area contributed by atoms with Crippen molar-refractivity contribution in [1.82, 2.24) is 9.61 Å². The first-order valence-corrected chi connectivity index (χ1v) is 4.74. The molecule has 2 aromatic heterocycles. The van der Waals surface area contributed by atoms with Crippen molar-refractivity contribution in [1.29, 1.82) is 0 Å². The van der Waals surface area contributed by atoms with E-state index in [2.05, 4.69) is 25.8 Å². The van der Waals surface area contributed by atoms with Crippen LogP contribution in [0, 0.1) is 0 Å². The highest BCUT2D eigenvalue weighted by Gasteiger charge is 2.11. The first kappa shape index (κ1) is 9.21. The number of ether oxygens (including phenoxy) is 1. The van der Waals surface area contributed by atoms with Crippen LogP contribution in [-0.4, -0.2) is 22.7 Å². The summed E-state index contributed by atoms with van der Waals surface area (Å²) in [7, 11) is 1.33. The lowest BCUT2D eigenvalue weighted by Crippen LogP contribution is -2.02. The van der Waals surface area contributed by atoms with Crippen molar-refractivity contribution in [2.24, 2.45) is 0 Å². The minimum absolute atomic E-state index is 0.305. The average molecular weight is 255 g/mol. The molecule has 0 radical (unpaired) electrons. The van der Waals surface area contributed by atoms with Gasteiger partial charge in [0.2, 0.25) is 0 Å². The Morgan fingerprint density at radius 2 is 2.36 bits per heavy atom. The summed E-state index contributed by atoms with van der Waals surface area (Å²) in [6, 6.07) is 7.27. The number of aromatic nitrogens is 2. The second-order valence-corrected chi connectivity index (χ2v) is 3.52. The van der Waals surface area contributed by atoms with Gasteiger partial charge in [0.05, 0.1) is 12.6 Å². The minimum Gasteiger partial charge on any atom is -0.464 e. The Kier molecular flexibility index (Phi) is 2.25. The molecule has 72 valence electrons. The summed E-state index contributed by atoms with van der Waals surface area (Å²) in [5.74, 6) is -0.430. The monoisotopic (exact) mass is 254 g/mol. The van der Waals surface area contributed by atoms with Gasteiger partial charge in [-0.15, -0.1) is 0 Å². The van der Waals surface area contributed by atoms with Crippen LogP contribution in [-0.2, 0) is 4.74 Å². The predicted molar refractivity (Wildman–Crippen MR) is 54.2 cm³/mol. The van der Waals surface area contributed by atoms with Gasteiger partial charge in [0.25, 0.3) is 0 Å². The van der Waals surface area contributed by atoms with Crippen molar-refractivity contribution < 1.29 is 9.53 Å². The largest absolute Gasteiger partial charge is 0.464 e. The molecule has 14 heavy (non-hydrogen) atoms. The van der Waals surface area contributed by atoms with Gasteiger partial charge in [0, 0.05) is 0 Å². The molecule has 0 amide bonds. The molecule has 0 aliphatic rings. The van der Waals surface area contributed by atoms with Crippen molar-refractivity contribution >= 4 is 27.4 Å². The summed E-state index contributed by atoms with van der Waals surface area (Å²) in [4.78, 5) is 11.2. The predicted octanol–water partition coefficient (Wildman–Crippen LogP) is 1.88. The molecule has 5 heteroatoms. The molecule has 2 rings (SSSR count). The maximum atomic E-state index is 11.2. The molecule has 0 fully saturated rings. The molecule has 2 heterocycles. The van der Waals surface area contributed by atoms with Crippen LogP contribution in [0.2, 0.25) is 0 Å². The van der Waals surface area contributed by atoms with Crippen LogP contribution >= 0.6 is 15.9 Å². The Morgan fingerprint density at radius 1 is 1.57 bits per heavy atom. The molecule has 0 aromatic carbocycles. The van der Waals surface area contributed by atoms with Gasteiger partial charge in [0.1, 0.15) is 4.60 Å². The van der Waals surface area contributed by atoms with E-state index in [0.717, 1.165) is 10.1 Å². The molecule has 0 saturated heterocycles. The molecule has 0 unspecified atom stereocenters. The van der Waals surface area contributed by atoms with Crippen molar-refractivity contribution in [2.75, 3.05) is 7.11 Å². The molecule has 0 saturated carbocycles. The van der Waals surface area contributed by atoms with Crippen LogP contribution in [0.5, 0.6) is 0 Å². The number of fused-ring (bicyclic) bond motifs is 1. The van der Waals surface area contributed by atoms with Crippen molar-refractivity contribution in [3.8, 4) is 0 Å². The van der Waals surface area contributed by atoms with Crippen LogP contribution in [0.15, 0.2) is 28.9 Å². The molecular formula is C9H7BrN2O2. The maximum absolute atomic E-state index is 11.2. The lowest BCUT2D eigenvalue weighted by Gasteiger charge is -1.94. The van der Waals surface area contributed by atoms with Gasteiger partial charge < -0.3 is 4.74 Å². The third-order valence-electron chi connectivity index (χ3n) is 1.83. The molecular weight excluding hydrogens is 248 g/mol. The van der Waals surface area contributed by atoms with Crippen molar-refractivity contribution in [3.05, 3.63) is 34.6 Å². The summed E-state index contributed by atoms with van der Waals surface area (Å²) in [5.41, 5.74) is 1.15. The number of rotatable bonds is 1. The SMILES string of the molecule is COC(=O)c1cc2cccc(Br)n2n1. The standard InChI is InChI=1S/C9H7BrN2O2/c1-14-9(13)7-5-6-3-2-4-8(10)12(6)11-7/h2-5H,1H3. The number of carbonyl (C=O) groups is 1. The number of esters is 1. The molecule has 2 aromatic rings. The van der Waals surface area contributed by atoms with Crippen LogP contribution in [0.4, 0.5) is 0 Å². The fourth-order valence-corrected chi connectivity index (χ4v) is 1.62. The van der Waals surface area contributed by atoms with E-state index in [9.17, 15) is 4.79 Å². The van der Waals surface area contributed by atoms with Gasteiger partial charge in [-0.2, -0.15) is 5.10 Å². The summed E-state index contributed by atoms with van der Waals surface area (Å²) in [6.07, 6.45) is 0. The zero-order valence-electron chi connectivity index (χ0n) is 7.40. The second-order valence-electron chi connectivity index (χ2n) is 2.71. The Labute approximate surface area is 88.6 Å². The van der Waals surface area contributed by atoms with Crippen LogP contribution in [0.25, 0.3) is 5.52 Å². The van der Waals surface area contributed by atoms with E-state index < -0.39 is 5.97 Å². The van der Waals surface area contributed by atoms with Crippen LogP contribution < -0.4 is 0 Å². The minimum atomic E-state index is -0.430. The summed E-state index contributed by atoms with van der Waals surface area (Å²) in [5, 5.41) is 4.08. The molecule has 0 spiro atoms. The van der Waals surface area contributed by atoms with E-state index in [4.69, 9.17) is 0 Å². The first-order chi connectivity index (χ1) is 6.72. The number of hydrogen-bond donors (Lipinski definition) is 0. The smallest absolute Gasteiger partial charge is 0.358 e. The number of hydrogen-bond acceptors (Lipinski definition) is 3. The summed E-state index contributed by atoms with van der Waals surface area (Å²) >= 11 is 3.33. The third kappa shape index (κ3) is 1.39. The quantitative estimate of drug-likeness (QED) is 0.577. The van der Waals surface area contributed by atoms with Gasteiger partial charge in [-0.1, -0.05) is 6.07 Å². The van der Waals surface area contributed by atoms with Gasteiger partial charge >= 0.3 is 5.97 Å². The lowest BCUT2D eigenvalue weighted by molar-refractivity contribution is 0.0593. The number of pyridine rings is 1. The summed E-state index contributed by atoms with van der Waals surface area (Å²) < 4.78 is 7.00. The van der Waals surface area contributed by atoms with Crippen molar-refractivity contribution in [3.63, 3.8) is 0 Å². The highest BCUT2D eigenvalue weighted by atomic mass is 79.9. The van der Waals surface area contributed by atoms with Crippen molar-refractivity contribution in [2.45, 2.75) is 0 Å². The number of carbonyl (C=O) groups excluding carboxylic acids is 1. The van der Waals surface area contributed by atoms with Gasteiger partial charge in [0.15, 0.2) is 5.69 Å². The van der Waals surface area contributed by atoms with E-state index >= 15 is 0 Å². The fraction of sp³-hybridized carbons (Fsp3) is 0.111. The Balaban J connectivity index is 2.62. The summed E-state index contributed by atoms with van der Waals surface area (Å²) in [6.45, 7) is 0. The van der Waals surface area contributed by atoms with E-state index in [1.54, 1.807) is 10.6 Å². The topological polar surface area (TPSA) is 43.6 Å². The Hall–Kier alpha value is -1.36. The molecule has 0 aliphatic heterocycles. The average Bonchev–Trinajstić information content (AvgIpc) is 2.62. The first-order valence-electron chi connectivity index (χ1n) is 3.95. The zero-order valence-corrected chi connectivity index (χ0v) is 8.98. The molecule has 4 nitrogen and oxygen atoms in total. The Bertz CT molecular complexity index is 493. The second kappa shape index (κ2) is 3.42. The highest BCUT2D eigenvalue weighted by Crippen LogP contribution is 2.14. The number of halogens is 1. The zero-order chi connectivity index (χ0) is 10.1. The van der Waals surface area contributed by atoms with Gasteiger partial charge in [-0.05, 0) is 34.1 Å². The maximum Gasteiger partial charge on any atom is 0.358 e. The molecule has 0 N–H and O–H groups in total. The number of nitrogens with zero attached hydrogens (tertiary/aromatic N) is 2. The highest BCUT2D eigenvalue weighted by molar-refractivity contribution is 9.10.